The molecule has 0 aliphatic heterocycles. The maximum Gasteiger partial charge on any atom is 0.0606 e. The van der Waals surface area contributed by atoms with Crippen LogP contribution in [0, 0.1) is 0 Å². The number of aliphatic hydroxyl groups is 4. The quantitative estimate of drug-likeness (QED) is 0.274. The maximum absolute atomic E-state index is 9.39. The molecule has 34 heavy (non-hydrogen) atoms. The molecule has 3 rings (SSSR count). The van der Waals surface area contributed by atoms with Crippen LogP contribution in [-0.2, 0) is 0 Å². The van der Waals surface area contributed by atoms with Gasteiger partial charge in [0.25, 0.3) is 0 Å². The molecule has 0 saturated carbocycles. The van der Waals surface area contributed by atoms with Crippen molar-refractivity contribution in [2.75, 3.05) is 44.4 Å². The molecule has 0 aliphatic carbocycles. The highest BCUT2D eigenvalue weighted by molar-refractivity contribution is 6.30. The van der Waals surface area contributed by atoms with Gasteiger partial charge in [-0.05, 0) is 65.3 Å². The number of hydrogen-bond donors (Lipinski definition) is 4. The lowest BCUT2D eigenvalue weighted by Gasteiger charge is -2.25. The van der Waals surface area contributed by atoms with Gasteiger partial charge in [-0.1, -0.05) is 60.1 Å². The van der Waals surface area contributed by atoms with Crippen LogP contribution in [0.25, 0.3) is 0 Å². The molecule has 1 unspecified atom stereocenters. The molecule has 0 amide bonds. The number of nitrogens with zero attached hydrogens (tertiary/aromatic N) is 1. The molecule has 5 nitrogen and oxygen atoms in total. The average Bonchev–Trinajstić information content (AvgIpc) is 2.86. The molecule has 182 valence electrons. The minimum Gasteiger partial charge on any atom is -0.396 e. The van der Waals surface area contributed by atoms with E-state index in [1.165, 1.54) is 0 Å². The van der Waals surface area contributed by atoms with E-state index in [0.717, 1.165) is 27.9 Å². The zero-order valence-corrected chi connectivity index (χ0v) is 20.1. The van der Waals surface area contributed by atoms with Crippen LogP contribution in [0.15, 0.2) is 72.8 Å². The fraction of sp³-hybridized carbons (Fsp3) is 0.357. The first-order chi connectivity index (χ1) is 16.6. The fourth-order valence-electron chi connectivity index (χ4n) is 4.47. The van der Waals surface area contributed by atoms with E-state index in [1.54, 1.807) is 0 Å². The van der Waals surface area contributed by atoms with E-state index in [0.29, 0.717) is 31.0 Å². The molecule has 0 fully saturated rings. The monoisotopic (exact) mass is 483 g/mol. The van der Waals surface area contributed by atoms with Crippen LogP contribution in [0.5, 0.6) is 0 Å². The molecule has 3 aromatic rings. The summed E-state index contributed by atoms with van der Waals surface area (Å²) in [6.07, 6.45) is 1.25. The van der Waals surface area contributed by atoms with Crippen molar-refractivity contribution >= 4 is 17.3 Å². The minimum atomic E-state index is -0.00126. The molecule has 0 radical (unpaired) electrons. The fourth-order valence-corrected chi connectivity index (χ4v) is 4.60. The number of rotatable bonds is 13. The van der Waals surface area contributed by atoms with Gasteiger partial charge in [0.2, 0.25) is 0 Å². The third-order valence-electron chi connectivity index (χ3n) is 6.23. The van der Waals surface area contributed by atoms with Crippen LogP contribution >= 0.6 is 11.6 Å². The molecule has 0 aromatic heterocycles. The number of halogens is 1. The van der Waals surface area contributed by atoms with Gasteiger partial charge in [0.15, 0.2) is 0 Å². The average molecular weight is 484 g/mol. The Balaban J connectivity index is 1.96. The van der Waals surface area contributed by atoms with Crippen LogP contribution in [0.2, 0.25) is 5.02 Å². The topological polar surface area (TPSA) is 84.2 Å². The van der Waals surface area contributed by atoms with Crippen molar-refractivity contribution in [1.29, 1.82) is 0 Å². The van der Waals surface area contributed by atoms with Crippen LogP contribution < -0.4 is 4.90 Å². The molecule has 0 spiro atoms. The lowest BCUT2D eigenvalue weighted by molar-refractivity contribution is 0.242. The molecule has 0 aliphatic rings. The summed E-state index contributed by atoms with van der Waals surface area (Å²) in [5.74, 6) is 0.125. The Morgan fingerprint density at radius 1 is 0.559 bits per heavy atom. The standard InChI is InChI=1S/C28H34ClNO4/c29-26-9-5-24(6-10-26)28(23-3-1-21(2-4-23)22(13-17-31)14-18-32)25-7-11-27(12-8-25)30(15-19-33)16-20-34/h1-12,22,28,31-34H,13-20H2. The van der Waals surface area contributed by atoms with E-state index in [9.17, 15) is 20.4 Å². The largest absolute Gasteiger partial charge is 0.396 e. The van der Waals surface area contributed by atoms with Gasteiger partial charge in [0.05, 0.1) is 13.2 Å². The van der Waals surface area contributed by atoms with Crippen molar-refractivity contribution in [2.45, 2.75) is 24.7 Å². The normalized spacial score (nSPS) is 12.2. The second-order valence-corrected chi connectivity index (χ2v) is 8.83. The third-order valence-corrected chi connectivity index (χ3v) is 6.48. The zero-order chi connectivity index (χ0) is 24.3. The number of hydrogen-bond acceptors (Lipinski definition) is 5. The van der Waals surface area contributed by atoms with Gasteiger partial charge in [-0.2, -0.15) is 0 Å². The van der Waals surface area contributed by atoms with Crippen molar-refractivity contribution in [2.24, 2.45) is 0 Å². The minimum absolute atomic E-state index is 0.00126. The Hall–Kier alpha value is -2.41. The highest BCUT2D eigenvalue weighted by Crippen LogP contribution is 2.35. The van der Waals surface area contributed by atoms with Crippen LogP contribution in [-0.4, -0.2) is 59.9 Å². The van der Waals surface area contributed by atoms with E-state index in [-0.39, 0.29) is 38.3 Å². The molecule has 6 heteroatoms. The maximum atomic E-state index is 9.39. The summed E-state index contributed by atoms with van der Waals surface area (Å²) >= 11 is 6.15. The Morgan fingerprint density at radius 3 is 1.41 bits per heavy atom. The number of benzene rings is 3. The first-order valence-corrected chi connectivity index (χ1v) is 12.1. The molecule has 0 saturated heterocycles. The Morgan fingerprint density at radius 2 is 0.971 bits per heavy atom. The van der Waals surface area contributed by atoms with Gasteiger partial charge in [-0.25, -0.2) is 0 Å². The second kappa shape index (κ2) is 13.5. The molecule has 1 atom stereocenters. The molecule has 4 N–H and O–H groups in total. The highest BCUT2D eigenvalue weighted by Gasteiger charge is 2.19. The van der Waals surface area contributed by atoms with Crippen molar-refractivity contribution in [3.8, 4) is 0 Å². The van der Waals surface area contributed by atoms with Crippen molar-refractivity contribution in [1.82, 2.24) is 0 Å². The second-order valence-electron chi connectivity index (χ2n) is 8.40. The first-order valence-electron chi connectivity index (χ1n) is 11.7. The lowest BCUT2D eigenvalue weighted by atomic mass is 9.83. The summed E-state index contributed by atoms with van der Waals surface area (Å²) in [5, 5.41) is 38.2. The highest BCUT2D eigenvalue weighted by atomic mass is 35.5. The smallest absolute Gasteiger partial charge is 0.0606 e. The summed E-state index contributed by atoms with van der Waals surface area (Å²) in [6.45, 7) is 1.16. The Kier molecular flexibility index (Phi) is 10.4. The van der Waals surface area contributed by atoms with E-state index >= 15 is 0 Å². The molecular formula is C28H34ClNO4. The molecule has 0 heterocycles. The third kappa shape index (κ3) is 6.81. The number of aliphatic hydroxyl groups excluding tert-OH is 4. The molecule has 3 aromatic carbocycles. The van der Waals surface area contributed by atoms with Crippen molar-refractivity contribution < 1.29 is 20.4 Å². The SMILES string of the molecule is OCCC(CCO)c1ccc(C(c2ccc(Cl)cc2)c2ccc(N(CCO)CCO)cc2)cc1. The van der Waals surface area contributed by atoms with Crippen LogP contribution in [0.1, 0.15) is 46.9 Å². The van der Waals surface area contributed by atoms with Gasteiger partial charge in [0.1, 0.15) is 0 Å². The first kappa shape index (κ1) is 26.2. The van der Waals surface area contributed by atoms with Crippen molar-refractivity contribution in [3.63, 3.8) is 0 Å². The summed E-state index contributed by atoms with van der Waals surface area (Å²) < 4.78 is 0. The lowest BCUT2D eigenvalue weighted by Crippen LogP contribution is -2.29. The van der Waals surface area contributed by atoms with Gasteiger partial charge in [-0.15, -0.1) is 0 Å². The van der Waals surface area contributed by atoms with Gasteiger partial charge < -0.3 is 25.3 Å². The van der Waals surface area contributed by atoms with Gasteiger partial charge in [0, 0.05) is 42.9 Å². The Labute approximate surface area is 206 Å². The summed E-state index contributed by atoms with van der Waals surface area (Å²) in [7, 11) is 0. The van der Waals surface area contributed by atoms with Gasteiger partial charge in [-0.3, -0.25) is 0 Å². The van der Waals surface area contributed by atoms with Crippen molar-refractivity contribution in [3.05, 3.63) is 100 Å². The van der Waals surface area contributed by atoms with E-state index in [2.05, 4.69) is 36.4 Å². The number of anilines is 1. The van der Waals surface area contributed by atoms with Gasteiger partial charge >= 0.3 is 0 Å². The van der Waals surface area contributed by atoms with Crippen LogP contribution in [0.3, 0.4) is 0 Å². The van der Waals surface area contributed by atoms with Crippen LogP contribution in [0.4, 0.5) is 5.69 Å². The summed E-state index contributed by atoms with van der Waals surface area (Å²) in [5.41, 5.74) is 5.44. The van der Waals surface area contributed by atoms with E-state index in [1.807, 2.05) is 41.3 Å². The predicted octanol–water partition coefficient (Wildman–Crippen LogP) is 4.16. The summed E-state index contributed by atoms with van der Waals surface area (Å²) in [4.78, 5) is 1.96. The predicted molar refractivity (Wildman–Crippen MR) is 138 cm³/mol. The molecular weight excluding hydrogens is 450 g/mol. The zero-order valence-electron chi connectivity index (χ0n) is 19.4. The Bertz CT molecular complexity index is 905. The van der Waals surface area contributed by atoms with E-state index < -0.39 is 0 Å². The molecule has 0 bridgehead atoms. The van der Waals surface area contributed by atoms with E-state index in [4.69, 9.17) is 11.6 Å². The summed E-state index contributed by atoms with van der Waals surface area (Å²) in [6, 6.07) is 24.5.